The minimum atomic E-state index is -0.327. The molecule has 118 valence electrons. The van der Waals surface area contributed by atoms with Crippen LogP contribution in [0.25, 0.3) is 0 Å². The Labute approximate surface area is 125 Å². The van der Waals surface area contributed by atoms with E-state index in [0.29, 0.717) is 24.0 Å². The SMILES string of the molecule is CCc1nn(C)c(NCC2CCCCN2CC)c1[N+](=O)[O-]. The van der Waals surface area contributed by atoms with Crippen molar-refractivity contribution < 1.29 is 4.92 Å². The van der Waals surface area contributed by atoms with Crippen LogP contribution in [0.15, 0.2) is 0 Å². The van der Waals surface area contributed by atoms with Crippen LogP contribution in [0.1, 0.15) is 38.8 Å². The Morgan fingerprint density at radius 2 is 2.19 bits per heavy atom. The molecular formula is C14H25N5O2. The zero-order valence-corrected chi connectivity index (χ0v) is 13.1. The van der Waals surface area contributed by atoms with Crippen LogP contribution in [0.2, 0.25) is 0 Å². The predicted molar refractivity (Wildman–Crippen MR) is 82.6 cm³/mol. The molecule has 1 aliphatic rings. The molecule has 0 radical (unpaired) electrons. The molecule has 2 heterocycles. The van der Waals surface area contributed by atoms with Gasteiger partial charge in [0.15, 0.2) is 0 Å². The van der Waals surface area contributed by atoms with Crippen molar-refractivity contribution >= 4 is 11.5 Å². The molecule has 1 aromatic rings. The number of aryl methyl sites for hydroxylation is 2. The van der Waals surface area contributed by atoms with Crippen molar-refractivity contribution in [2.24, 2.45) is 7.05 Å². The van der Waals surface area contributed by atoms with Gasteiger partial charge in [0, 0.05) is 19.6 Å². The summed E-state index contributed by atoms with van der Waals surface area (Å²) in [6, 6.07) is 0.448. The molecule has 1 fully saturated rings. The Kier molecular flexibility index (Phi) is 5.17. The van der Waals surface area contributed by atoms with Gasteiger partial charge in [-0.2, -0.15) is 5.10 Å². The zero-order chi connectivity index (χ0) is 15.4. The minimum absolute atomic E-state index is 0.124. The number of rotatable bonds is 6. The molecule has 1 saturated heterocycles. The lowest BCUT2D eigenvalue weighted by Crippen LogP contribution is -2.43. The summed E-state index contributed by atoms with van der Waals surface area (Å²) in [6.07, 6.45) is 4.19. The molecule has 1 aliphatic heterocycles. The van der Waals surface area contributed by atoms with E-state index in [4.69, 9.17) is 0 Å². The highest BCUT2D eigenvalue weighted by Crippen LogP contribution is 2.29. The summed E-state index contributed by atoms with van der Waals surface area (Å²) in [7, 11) is 1.76. The number of piperidine rings is 1. The van der Waals surface area contributed by atoms with Crippen molar-refractivity contribution in [3.8, 4) is 0 Å². The maximum absolute atomic E-state index is 11.3. The van der Waals surface area contributed by atoms with Crippen LogP contribution in [0.5, 0.6) is 0 Å². The average molecular weight is 295 g/mol. The van der Waals surface area contributed by atoms with Crippen LogP contribution in [-0.2, 0) is 13.5 Å². The zero-order valence-electron chi connectivity index (χ0n) is 13.1. The van der Waals surface area contributed by atoms with Crippen molar-refractivity contribution in [1.29, 1.82) is 0 Å². The number of nitrogens with zero attached hydrogens (tertiary/aromatic N) is 4. The van der Waals surface area contributed by atoms with Crippen molar-refractivity contribution in [2.75, 3.05) is 25.0 Å². The summed E-state index contributed by atoms with van der Waals surface area (Å²) in [4.78, 5) is 13.4. The maximum Gasteiger partial charge on any atom is 0.333 e. The van der Waals surface area contributed by atoms with Crippen molar-refractivity contribution in [3.05, 3.63) is 15.8 Å². The summed E-state index contributed by atoms with van der Waals surface area (Å²) >= 11 is 0. The highest BCUT2D eigenvalue weighted by atomic mass is 16.6. The van der Waals surface area contributed by atoms with Gasteiger partial charge in [0.05, 0.1) is 4.92 Å². The van der Waals surface area contributed by atoms with Gasteiger partial charge < -0.3 is 5.32 Å². The third-order valence-corrected chi connectivity index (χ3v) is 4.27. The van der Waals surface area contributed by atoms with E-state index >= 15 is 0 Å². The predicted octanol–water partition coefficient (Wildman–Crippen LogP) is 2.18. The molecule has 7 heteroatoms. The molecule has 0 bridgehead atoms. The number of anilines is 1. The first kappa shape index (κ1) is 15.8. The lowest BCUT2D eigenvalue weighted by molar-refractivity contribution is -0.384. The van der Waals surface area contributed by atoms with Crippen LogP contribution in [-0.4, -0.2) is 45.3 Å². The Balaban J connectivity index is 2.12. The van der Waals surface area contributed by atoms with Gasteiger partial charge in [-0.25, -0.2) is 4.68 Å². The fourth-order valence-electron chi connectivity index (χ4n) is 3.12. The van der Waals surface area contributed by atoms with E-state index in [-0.39, 0.29) is 10.6 Å². The molecule has 0 spiro atoms. The standard InChI is InChI=1S/C14H25N5O2/c1-4-12-13(19(20)21)14(17(3)16-12)15-10-11-8-6-7-9-18(11)5-2/h11,15H,4-10H2,1-3H3. The molecule has 0 saturated carbocycles. The summed E-state index contributed by atoms with van der Waals surface area (Å²) < 4.78 is 1.59. The van der Waals surface area contributed by atoms with Gasteiger partial charge >= 0.3 is 5.69 Å². The van der Waals surface area contributed by atoms with Crippen LogP contribution >= 0.6 is 0 Å². The van der Waals surface area contributed by atoms with Crippen molar-refractivity contribution in [2.45, 2.75) is 45.6 Å². The van der Waals surface area contributed by atoms with Gasteiger partial charge in [-0.1, -0.05) is 20.3 Å². The number of nitrogens with one attached hydrogen (secondary N) is 1. The highest BCUT2D eigenvalue weighted by molar-refractivity contribution is 5.59. The van der Waals surface area contributed by atoms with Crippen molar-refractivity contribution in [3.63, 3.8) is 0 Å². The van der Waals surface area contributed by atoms with E-state index in [0.717, 1.165) is 26.1 Å². The molecule has 0 aromatic carbocycles. The second-order valence-electron chi connectivity index (χ2n) is 5.54. The van der Waals surface area contributed by atoms with Crippen LogP contribution in [0.3, 0.4) is 0 Å². The Hall–Kier alpha value is -1.63. The van der Waals surface area contributed by atoms with E-state index in [9.17, 15) is 10.1 Å². The summed E-state index contributed by atoms with van der Waals surface area (Å²) in [5.41, 5.74) is 0.667. The first-order valence-corrected chi connectivity index (χ1v) is 7.76. The summed E-state index contributed by atoms with van der Waals surface area (Å²) in [5, 5.41) is 18.8. The van der Waals surface area contributed by atoms with Crippen molar-refractivity contribution in [1.82, 2.24) is 14.7 Å². The number of nitro groups is 1. The fraction of sp³-hybridized carbons (Fsp3) is 0.786. The Bertz CT molecular complexity index is 500. The molecule has 1 aromatic heterocycles. The summed E-state index contributed by atoms with van der Waals surface area (Å²) in [6.45, 7) is 6.94. The monoisotopic (exact) mass is 295 g/mol. The molecule has 2 rings (SSSR count). The van der Waals surface area contributed by atoms with E-state index in [1.54, 1.807) is 11.7 Å². The van der Waals surface area contributed by atoms with Gasteiger partial charge in [-0.15, -0.1) is 0 Å². The number of aromatic nitrogens is 2. The quantitative estimate of drug-likeness (QED) is 0.643. The molecule has 1 unspecified atom stereocenters. The number of hydrogen-bond donors (Lipinski definition) is 1. The third-order valence-electron chi connectivity index (χ3n) is 4.27. The second-order valence-corrected chi connectivity index (χ2v) is 5.54. The fourth-order valence-corrected chi connectivity index (χ4v) is 3.12. The van der Waals surface area contributed by atoms with Crippen LogP contribution in [0.4, 0.5) is 11.5 Å². The Morgan fingerprint density at radius 1 is 1.43 bits per heavy atom. The lowest BCUT2D eigenvalue weighted by atomic mass is 10.0. The first-order chi connectivity index (χ1) is 10.1. The van der Waals surface area contributed by atoms with Crippen LogP contribution in [0, 0.1) is 10.1 Å². The molecular weight excluding hydrogens is 270 g/mol. The minimum Gasteiger partial charge on any atom is -0.363 e. The molecule has 0 amide bonds. The second kappa shape index (κ2) is 6.89. The van der Waals surface area contributed by atoms with Gasteiger partial charge in [-0.05, 0) is 32.4 Å². The average Bonchev–Trinajstić information content (AvgIpc) is 2.81. The Morgan fingerprint density at radius 3 is 2.81 bits per heavy atom. The molecule has 0 aliphatic carbocycles. The number of likely N-dealkylation sites (N-methyl/N-ethyl adjacent to an activating group) is 1. The summed E-state index contributed by atoms with van der Waals surface area (Å²) in [5.74, 6) is 0.526. The van der Waals surface area contributed by atoms with Gasteiger partial charge in [0.2, 0.25) is 5.82 Å². The molecule has 21 heavy (non-hydrogen) atoms. The normalized spacial score (nSPS) is 19.7. The molecule has 1 N–H and O–H groups in total. The van der Waals surface area contributed by atoms with Gasteiger partial charge in [0.1, 0.15) is 5.69 Å². The largest absolute Gasteiger partial charge is 0.363 e. The van der Waals surface area contributed by atoms with Gasteiger partial charge in [0.25, 0.3) is 0 Å². The smallest absolute Gasteiger partial charge is 0.333 e. The third kappa shape index (κ3) is 3.34. The van der Waals surface area contributed by atoms with E-state index in [2.05, 4.69) is 22.2 Å². The van der Waals surface area contributed by atoms with Crippen LogP contribution < -0.4 is 5.32 Å². The number of likely N-dealkylation sites (tertiary alicyclic amines) is 1. The van der Waals surface area contributed by atoms with E-state index in [1.807, 2.05) is 6.92 Å². The van der Waals surface area contributed by atoms with E-state index < -0.39 is 0 Å². The molecule has 7 nitrogen and oxygen atoms in total. The topological polar surface area (TPSA) is 76.2 Å². The highest BCUT2D eigenvalue weighted by Gasteiger charge is 2.27. The molecule has 1 atom stereocenters. The van der Waals surface area contributed by atoms with E-state index in [1.165, 1.54) is 12.8 Å². The maximum atomic E-state index is 11.3. The lowest BCUT2D eigenvalue weighted by Gasteiger charge is -2.35. The number of hydrogen-bond acceptors (Lipinski definition) is 5. The van der Waals surface area contributed by atoms with Gasteiger partial charge in [-0.3, -0.25) is 15.0 Å². The first-order valence-electron chi connectivity index (χ1n) is 7.76.